The maximum Gasteiger partial charge on any atom is 0.0705 e. The Hall–Kier alpha value is -1.45. The first-order valence-corrected chi connectivity index (χ1v) is 6.34. The lowest BCUT2D eigenvalue weighted by Crippen LogP contribution is -2.29. The number of hydrogen-bond acceptors (Lipinski definition) is 3. The number of benzene rings is 1. The average Bonchev–Trinajstić information content (AvgIpc) is 2.43. The number of hydrogen-bond donors (Lipinski definition) is 1. The van der Waals surface area contributed by atoms with Gasteiger partial charge in [-0.05, 0) is 25.6 Å². The van der Waals surface area contributed by atoms with E-state index in [4.69, 9.17) is 9.72 Å². The second-order valence-electron chi connectivity index (χ2n) is 4.47. The topological polar surface area (TPSA) is 34.1 Å². The van der Waals surface area contributed by atoms with Crippen LogP contribution in [-0.2, 0) is 11.2 Å². The monoisotopic (exact) mass is 244 g/mol. The van der Waals surface area contributed by atoms with Crippen molar-refractivity contribution in [3.63, 3.8) is 0 Å². The second-order valence-corrected chi connectivity index (χ2v) is 4.47. The van der Waals surface area contributed by atoms with Gasteiger partial charge in [0.05, 0.1) is 5.52 Å². The summed E-state index contributed by atoms with van der Waals surface area (Å²) in [5.74, 6) is 0. The van der Waals surface area contributed by atoms with Gasteiger partial charge in [0.25, 0.3) is 0 Å². The smallest absolute Gasteiger partial charge is 0.0705 e. The van der Waals surface area contributed by atoms with Gasteiger partial charge < -0.3 is 10.1 Å². The van der Waals surface area contributed by atoms with Crippen molar-refractivity contribution in [2.24, 2.45) is 0 Å². The minimum Gasteiger partial charge on any atom is -0.385 e. The van der Waals surface area contributed by atoms with E-state index in [9.17, 15) is 0 Å². The molecule has 2 rings (SSSR count). The number of methoxy groups -OCH3 is 1. The number of aromatic nitrogens is 1. The molecule has 0 spiro atoms. The number of nitrogens with zero attached hydrogens (tertiary/aromatic N) is 1. The highest BCUT2D eigenvalue weighted by atomic mass is 16.5. The maximum absolute atomic E-state index is 5.12. The molecule has 3 nitrogen and oxygen atoms in total. The third-order valence-corrected chi connectivity index (χ3v) is 3.19. The zero-order valence-corrected chi connectivity index (χ0v) is 11.0. The Bertz CT molecular complexity index is 499. The quantitative estimate of drug-likeness (QED) is 0.847. The molecule has 0 aliphatic rings. The summed E-state index contributed by atoms with van der Waals surface area (Å²) in [4.78, 5) is 4.69. The van der Waals surface area contributed by atoms with Gasteiger partial charge in [-0.1, -0.05) is 24.3 Å². The molecule has 0 fully saturated rings. The van der Waals surface area contributed by atoms with Gasteiger partial charge in [-0.3, -0.25) is 4.98 Å². The van der Waals surface area contributed by atoms with Crippen LogP contribution in [0.3, 0.4) is 0 Å². The fraction of sp³-hybridized carbons (Fsp3) is 0.400. The molecule has 0 aliphatic heterocycles. The van der Waals surface area contributed by atoms with Crippen LogP contribution in [0.4, 0.5) is 0 Å². The minimum absolute atomic E-state index is 0.415. The normalized spacial score (nSPS) is 12.8. The largest absolute Gasteiger partial charge is 0.385 e. The van der Waals surface area contributed by atoms with Crippen molar-refractivity contribution < 1.29 is 4.74 Å². The molecule has 1 unspecified atom stereocenters. The number of para-hydroxylation sites is 1. The summed E-state index contributed by atoms with van der Waals surface area (Å²) >= 11 is 0. The van der Waals surface area contributed by atoms with E-state index in [-0.39, 0.29) is 0 Å². The molecule has 0 aliphatic carbocycles. The number of likely N-dealkylation sites (N-methyl/N-ethyl adjacent to an activating group) is 1. The zero-order valence-electron chi connectivity index (χ0n) is 11.0. The van der Waals surface area contributed by atoms with Crippen LogP contribution in [0, 0.1) is 0 Å². The van der Waals surface area contributed by atoms with Crippen LogP contribution >= 0.6 is 0 Å². The van der Waals surface area contributed by atoms with Crippen LogP contribution in [0.5, 0.6) is 0 Å². The molecular weight excluding hydrogens is 224 g/mol. The summed E-state index contributed by atoms with van der Waals surface area (Å²) in [7, 11) is 3.72. The van der Waals surface area contributed by atoms with E-state index in [0.29, 0.717) is 6.04 Å². The summed E-state index contributed by atoms with van der Waals surface area (Å²) < 4.78 is 5.12. The first-order valence-electron chi connectivity index (χ1n) is 6.34. The van der Waals surface area contributed by atoms with Gasteiger partial charge in [0.2, 0.25) is 0 Å². The number of ether oxygens (including phenoxy) is 1. The van der Waals surface area contributed by atoms with Crippen LogP contribution in [0.15, 0.2) is 36.4 Å². The fourth-order valence-electron chi connectivity index (χ4n) is 2.08. The van der Waals surface area contributed by atoms with E-state index in [1.807, 2.05) is 19.2 Å². The molecule has 2 aromatic rings. The van der Waals surface area contributed by atoms with Gasteiger partial charge in [0.15, 0.2) is 0 Å². The SMILES string of the molecule is CNC(CCOC)Cc1ccc2ccccc2n1. The molecule has 0 saturated carbocycles. The van der Waals surface area contributed by atoms with Gasteiger partial charge in [-0.15, -0.1) is 0 Å². The molecule has 0 amide bonds. The molecule has 0 bridgehead atoms. The third-order valence-electron chi connectivity index (χ3n) is 3.19. The molecule has 1 heterocycles. The van der Waals surface area contributed by atoms with Crippen LogP contribution in [0.1, 0.15) is 12.1 Å². The van der Waals surface area contributed by atoms with Crippen molar-refractivity contribution in [1.82, 2.24) is 10.3 Å². The zero-order chi connectivity index (χ0) is 12.8. The molecule has 96 valence electrons. The first kappa shape index (κ1) is 13.0. The van der Waals surface area contributed by atoms with Crippen molar-refractivity contribution in [3.8, 4) is 0 Å². The van der Waals surface area contributed by atoms with Gasteiger partial charge in [0.1, 0.15) is 0 Å². The lowest BCUT2D eigenvalue weighted by Gasteiger charge is -2.15. The molecule has 1 aromatic heterocycles. The number of fused-ring (bicyclic) bond motifs is 1. The molecule has 0 saturated heterocycles. The Kier molecular flexibility index (Phi) is 4.67. The molecule has 1 N–H and O–H groups in total. The maximum atomic E-state index is 5.12. The predicted molar refractivity (Wildman–Crippen MR) is 74.8 cm³/mol. The Balaban J connectivity index is 2.10. The highest BCUT2D eigenvalue weighted by Gasteiger charge is 2.08. The van der Waals surface area contributed by atoms with Crippen LogP contribution in [0.2, 0.25) is 0 Å². The summed E-state index contributed by atoms with van der Waals surface area (Å²) in [5.41, 5.74) is 2.20. The molecule has 0 radical (unpaired) electrons. The van der Waals surface area contributed by atoms with Gasteiger partial charge in [-0.2, -0.15) is 0 Å². The Morgan fingerprint density at radius 3 is 2.83 bits per heavy atom. The number of rotatable bonds is 6. The summed E-state index contributed by atoms with van der Waals surface area (Å²) in [5, 5.41) is 4.51. The second kappa shape index (κ2) is 6.47. The lowest BCUT2D eigenvalue weighted by atomic mass is 10.1. The van der Waals surface area contributed by atoms with Gasteiger partial charge in [-0.25, -0.2) is 0 Å². The van der Waals surface area contributed by atoms with Crippen molar-refractivity contribution >= 4 is 10.9 Å². The van der Waals surface area contributed by atoms with E-state index in [1.165, 1.54) is 5.39 Å². The standard InChI is InChI=1S/C15H20N2O/c1-16-13(9-10-18-2)11-14-8-7-12-5-3-4-6-15(12)17-14/h3-8,13,16H,9-11H2,1-2H3. The average molecular weight is 244 g/mol. The van der Waals surface area contributed by atoms with E-state index in [0.717, 1.165) is 30.7 Å². The van der Waals surface area contributed by atoms with E-state index in [1.54, 1.807) is 7.11 Å². The number of nitrogens with one attached hydrogen (secondary N) is 1. The van der Waals surface area contributed by atoms with Crippen molar-refractivity contribution in [2.75, 3.05) is 20.8 Å². The van der Waals surface area contributed by atoms with Crippen molar-refractivity contribution in [2.45, 2.75) is 18.9 Å². The lowest BCUT2D eigenvalue weighted by molar-refractivity contribution is 0.183. The van der Waals surface area contributed by atoms with Crippen LogP contribution in [-0.4, -0.2) is 31.8 Å². The highest BCUT2D eigenvalue weighted by Crippen LogP contribution is 2.13. The molecule has 1 atom stereocenters. The van der Waals surface area contributed by atoms with Crippen molar-refractivity contribution in [1.29, 1.82) is 0 Å². The molecule has 1 aromatic carbocycles. The predicted octanol–water partition coefficient (Wildman–Crippen LogP) is 2.40. The summed E-state index contributed by atoms with van der Waals surface area (Å²) in [6.45, 7) is 0.777. The first-order chi connectivity index (χ1) is 8.83. The van der Waals surface area contributed by atoms with E-state index < -0.39 is 0 Å². The molecule has 18 heavy (non-hydrogen) atoms. The highest BCUT2D eigenvalue weighted by molar-refractivity contribution is 5.78. The van der Waals surface area contributed by atoms with Crippen LogP contribution < -0.4 is 5.32 Å². The Morgan fingerprint density at radius 2 is 2.06 bits per heavy atom. The minimum atomic E-state index is 0.415. The molecule has 3 heteroatoms. The van der Waals surface area contributed by atoms with Gasteiger partial charge in [0, 0.05) is 37.3 Å². The summed E-state index contributed by atoms with van der Waals surface area (Å²) in [6.07, 6.45) is 1.94. The van der Waals surface area contributed by atoms with Crippen molar-refractivity contribution in [3.05, 3.63) is 42.1 Å². The number of pyridine rings is 1. The van der Waals surface area contributed by atoms with E-state index >= 15 is 0 Å². The fourth-order valence-corrected chi connectivity index (χ4v) is 2.08. The van der Waals surface area contributed by atoms with Crippen LogP contribution in [0.25, 0.3) is 10.9 Å². The van der Waals surface area contributed by atoms with E-state index in [2.05, 4.69) is 29.6 Å². The Morgan fingerprint density at radius 1 is 1.22 bits per heavy atom. The molecular formula is C15H20N2O. The summed E-state index contributed by atoms with van der Waals surface area (Å²) in [6, 6.07) is 12.9. The third kappa shape index (κ3) is 3.28. The Labute approximate surface area is 108 Å². The van der Waals surface area contributed by atoms with Gasteiger partial charge >= 0.3 is 0 Å².